The SMILES string of the molecule is NC(=O)C1CCCN(C(=O)[C@@H](N)Cc2ccccc2)C1. The van der Waals surface area contributed by atoms with Crippen molar-refractivity contribution in [2.24, 2.45) is 17.4 Å². The number of rotatable bonds is 4. The average molecular weight is 275 g/mol. The first-order chi connectivity index (χ1) is 9.58. The second-order valence-electron chi connectivity index (χ2n) is 5.32. The van der Waals surface area contributed by atoms with Crippen LogP contribution < -0.4 is 11.5 Å². The molecule has 1 aromatic carbocycles. The van der Waals surface area contributed by atoms with Crippen molar-refractivity contribution in [2.45, 2.75) is 25.3 Å². The van der Waals surface area contributed by atoms with Crippen molar-refractivity contribution in [3.05, 3.63) is 35.9 Å². The third kappa shape index (κ3) is 3.57. The molecular formula is C15H21N3O2. The highest BCUT2D eigenvalue weighted by Gasteiger charge is 2.29. The summed E-state index contributed by atoms with van der Waals surface area (Å²) >= 11 is 0. The topological polar surface area (TPSA) is 89.4 Å². The number of hydrogen-bond donors (Lipinski definition) is 2. The summed E-state index contributed by atoms with van der Waals surface area (Å²) in [7, 11) is 0. The number of primary amides is 1. The van der Waals surface area contributed by atoms with Crippen LogP contribution in [0.5, 0.6) is 0 Å². The minimum atomic E-state index is -0.566. The molecule has 1 aliphatic heterocycles. The van der Waals surface area contributed by atoms with Crippen LogP contribution in [0.25, 0.3) is 0 Å². The number of likely N-dealkylation sites (tertiary alicyclic amines) is 1. The van der Waals surface area contributed by atoms with Crippen LogP contribution >= 0.6 is 0 Å². The lowest BCUT2D eigenvalue weighted by molar-refractivity contribution is -0.136. The molecule has 20 heavy (non-hydrogen) atoms. The zero-order valence-electron chi connectivity index (χ0n) is 11.5. The van der Waals surface area contributed by atoms with Crippen LogP contribution in [0, 0.1) is 5.92 Å². The van der Waals surface area contributed by atoms with Gasteiger partial charge in [-0.2, -0.15) is 0 Å². The summed E-state index contributed by atoms with van der Waals surface area (Å²) in [6, 6.07) is 9.13. The first kappa shape index (κ1) is 14.5. The molecule has 4 N–H and O–H groups in total. The van der Waals surface area contributed by atoms with Crippen LogP contribution in [-0.4, -0.2) is 35.8 Å². The maximum absolute atomic E-state index is 12.3. The standard InChI is InChI=1S/C15H21N3O2/c16-13(9-11-5-2-1-3-6-11)15(20)18-8-4-7-12(10-18)14(17)19/h1-3,5-6,12-13H,4,7-10,16H2,(H2,17,19)/t12?,13-/m0/s1. The monoisotopic (exact) mass is 275 g/mol. The summed E-state index contributed by atoms with van der Waals surface area (Å²) in [6.07, 6.45) is 2.07. The average Bonchev–Trinajstić information content (AvgIpc) is 2.47. The van der Waals surface area contributed by atoms with Crippen molar-refractivity contribution in [1.29, 1.82) is 0 Å². The van der Waals surface area contributed by atoms with Gasteiger partial charge in [0.15, 0.2) is 0 Å². The molecule has 0 saturated carbocycles. The number of piperidine rings is 1. The van der Waals surface area contributed by atoms with Gasteiger partial charge in [-0.25, -0.2) is 0 Å². The summed E-state index contributed by atoms with van der Waals surface area (Å²) in [4.78, 5) is 25.2. The summed E-state index contributed by atoms with van der Waals surface area (Å²) < 4.78 is 0. The number of carbonyl (C=O) groups is 2. The van der Waals surface area contributed by atoms with Crippen molar-refractivity contribution in [1.82, 2.24) is 4.90 Å². The fourth-order valence-corrected chi connectivity index (χ4v) is 2.60. The van der Waals surface area contributed by atoms with E-state index in [9.17, 15) is 9.59 Å². The van der Waals surface area contributed by atoms with E-state index in [1.165, 1.54) is 0 Å². The van der Waals surface area contributed by atoms with E-state index in [1.54, 1.807) is 4.90 Å². The Balaban J connectivity index is 1.94. The van der Waals surface area contributed by atoms with Crippen LogP contribution in [0.4, 0.5) is 0 Å². The minimum absolute atomic E-state index is 0.0974. The van der Waals surface area contributed by atoms with Gasteiger partial charge < -0.3 is 16.4 Å². The molecule has 2 amide bonds. The van der Waals surface area contributed by atoms with Gasteiger partial charge in [0.25, 0.3) is 0 Å². The lowest BCUT2D eigenvalue weighted by atomic mass is 9.96. The van der Waals surface area contributed by atoms with E-state index in [4.69, 9.17) is 11.5 Å². The van der Waals surface area contributed by atoms with Crippen molar-refractivity contribution in [3.63, 3.8) is 0 Å². The second kappa shape index (κ2) is 6.52. The molecule has 5 heteroatoms. The van der Waals surface area contributed by atoms with Crippen molar-refractivity contribution < 1.29 is 9.59 Å². The maximum atomic E-state index is 12.3. The van der Waals surface area contributed by atoms with Crippen molar-refractivity contribution in [2.75, 3.05) is 13.1 Å². The molecule has 5 nitrogen and oxygen atoms in total. The van der Waals surface area contributed by atoms with Crippen LogP contribution in [0.3, 0.4) is 0 Å². The van der Waals surface area contributed by atoms with Crippen LogP contribution in [-0.2, 0) is 16.0 Å². The maximum Gasteiger partial charge on any atom is 0.239 e. The third-order valence-electron chi connectivity index (χ3n) is 3.75. The lowest BCUT2D eigenvalue weighted by Crippen LogP contribution is -2.50. The largest absolute Gasteiger partial charge is 0.369 e. The van der Waals surface area contributed by atoms with Gasteiger partial charge in [-0.15, -0.1) is 0 Å². The molecule has 1 saturated heterocycles. The molecule has 0 radical (unpaired) electrons. The molecule has 1 aliphatic rings. The highest BCUT2D eigenvalue weighted by molar-refractivity contribution is 5.83. The smallest absolute Gasteiger partial charge is 0.239 e. The molecule has 0 bridgehead atoms. The van der Waals surface area contributed by atoms with Crippen LogP contribution in [0.1, 0.15) is 18.4 Å². The van der Waals surface area contributed by atoms with Gasteiger partial charge in [0.05, 0.1) is 12.0 Å². The van der Waals surface area contributed by atoms with Gasteiger partial charge in [0.1, 0.15) is 0 Å². The Morgan fingerprint density at radius 1 is 1.30 bits per heavy atom. The molecule has 0 aliphatic carbocycles. The molecule has 0 aromatic heterocycles. The third-order valence-corrected chi connectivity index (χ3v) is 3.75. The number of hydrogen-bond acceptors (Lipinski definition) is 3. The fourth-order valence-electron chi connectivity index (χ4n) is 2.60. The first-order valence-electron chi connectivity index (χ1n) is 6.95. The van der Waals surface area contributed by atoms with Gasteiger partial charge in [-0.05, 0) is 24.8 Å². The van der Waals surface area contributed by atoms with E-state index in [2.05, 4.69) is 0 Å². The Kier molecular flexibility index (Phi) is 4.74. The van der Waals surface area contributed by atoms with E-state index in [1.807, 2.05) is 30.3 Å². The van der Waals surface area contributed by atoms with E-state index >= 15 is 0 Å². The second-order valence-corrected chi connectivity index (χ2v) is 5.32. The Morgan fingerprint density at radius 3 is 2.65 bits per heavy atom. The Bertz CT molecular complexity index is 475. The zero-order chi connectivity index (χ0) is 14.5. The first-order valence-corrected chi connectivity index (χ1v) is 6.95. The van der Waals surface area contributed by atoms with Gasteiger partial charge in [-0.3, -0.25) is 9.59 Å². The van der Waals surface area contributed by atoms with Gasteiger partial charge in [0, 0.05) is 13.1 Å². The molecule has 1 aromatic rings. The molecule has 1 fully saturated rings. The molecule has 2 atom stereocenters. The van der Waals surface area contributed by atoms with Crippen LogP contribution in [0.2, 0.25) is 0 Å². The predicted molar refractivity (Wildman–Crippen MR) is 76.6 cm³/mol. The number of carbonyl (C=O) groups excluding carboxylic acids is 2. The number of amides is 2. The molecule has 108 valence electrons. The molecule has 2 rings (SSSR count). The Labute approximate surface area is 118 Å². The summed E-state index contributed by atoms with van der Waals surface area (Å²) in [5.41, 5.74) is 12.4. The molecule has 1 heterocycles. The van der Waals surface area contributed by atoms with E-state index in [0.29, 0.717) is 19.5 Å². The highest BCUT2D eigenvalue weighted by atomic mass is 16.2. The zero-order valence-corrected chi connectivity index (χ0v) is 11.5. The predicted octanol–water partition coefficient (Wildman–Crippen LogP) is 0.280. The van der Waals surface area contributed by atoms with Gasteiger partial charge in [-0.1, -0.05) is 30.3 Å². The number of nitrogens with zero attached hydrogens (tertiary/aromatic N) is 1. The summed E-state index contributed by atoms with van der Waals surface area (Å²) in [5, 5.41) is 0. The number of nitrogens with two attached hydrogens (primary N) is 2. The number of benzene rings is 1. The summed E-state index contributed by atoms with van der Waals surface area (Å²) in [5.74, 6) is -0.671. The Morgan fingerprint density at radius 2 is 2.00 bits per heavy atom. The van der Waals surface area contributed by atoms with E-state index < -0.39 is 6.04 Å². The normalized spacial score (nSPS) is 20.4. The highest BCUT2D eigenvalue weighted by Crippen LogP contribution is 2.17. The van der Waals surface area contributed by atoms with Gasteiger partial charge in [0.2, 0.25) is 11.8 Å². The Hall–Kier alpha value is -1.88. The van der Waals surface area contributed by atoms with Crippen LogP contribution in [0.15, 0.2) is 30.3 Å². The fraction of sp³-hybridized carbons (Fsp3) is 0.467. The molecule has 1 unspecified atom stereocenters. The van der Waals surface area contributed by atoms with Crippen molar-refractivity contribution in [3.8, 4) is 0 Å². The van der Waals surface area contributed by atoms with E-state index in [-0.39, 0.29) is 17.7 Å². The molecule has 0 spiro atoms. The summed E-state index contributed by atoms with van der Waals surface area (Å²) in [6.45, 7) is 1.06. The molecular weight excluding hydrogens is 254 g/mol. The minimum Gasteiger partial charge on any atom is -0.369 e. The quantitative estimate of drug-likeness (QED) is 0.827. The van der Waals surface area contributed by atoms with Gasteiger partial charge >= 0.3 is 0 Å². The lowest BCUT2D eigenvalue weighted by Gasteiger charge is -2.33. The van der Waals surface area contributed by atoms with E-state index in [0.717, 1.165) is 18.4 Å². The van der Waals surface area contributed by atoms with Crippen molar-refractivity contribution >= 4 is 11.8 Å².